The maximum absolute atomic E-state index is 5.43. The number of guanidine groups is 1. The van der Waals surface area contributed by atoms with Gasteiger partial charge in [0.05, 0.1) is 0 Å². The first-order valence-electron chi connectivity index (χ1n) is 8.92. The van der Waals surface area contributed by atoms with Crippen LogP contribution in [0.1, 0.15) is 59.3 Å². The molecule has 1 saturated heterocycles. The number of hydrogen-bond acceptors (Lipinski definition) is 2. The van der Waals surface area contributed by atoms with Crippen molar-refractivity contribution < 1.29 is 4.74 Å². The van der Waals surface area contributed by atoms with Crippen molar-refractivity contribution in [2.45, 2.75) is 59.3 Å². The minimum absolute atomic E-state index is 0. The molecule has 23 heavy (non-hydrogen) atoms. The largest absolute Gasteiger partial charge is 0.381 e. The molecule has 0 unspecified atom stereocenters. The summed E-state index contributed by atoms with van der Waals surface area (Å²) in [4.78, 5) is 6.67. The minimum Gasteiger partial charge on any atom is -0.381 e. The normalized spacial score (nSPS) is 16.8. The zero-order valence-corrected chi connectivity index (χ0v) is 18.2. The highest BCUT2D eigenvalue weighted by Gasteiger charge is 2.15. The first-order chi connectivity index (χ1) is 10.4. The minimum atomic E-state index is 0. The molecule has 0 aliphatic carbocycles. The quantitative estimate of drug-likeness (QED) is 0.280. The molecule has 0 aromatic carbocycles. The first-order valence-corrected chi connectivity index (χ1v) is 8.92. The molecule has 0 atom stereocenters. The second kappa shape index (κ2) is 12.3. The summed E-state index contributed by atoms with van der Waals surface area (Å²) in [6, 6.07) is 0. The van der Waals surface area contributed by atoms with Gasteiger partial charge >= 0.3 is 0 Å². The van der Waals surface area contributed by atoms with E-state index in [0.717, 1.165) is 38.2 Å². The van der Waals surface area contributed by atoms with Crippen LogP contribution in [0.5, 0.6) is 0 Å². The topological polar surface area (TPSA) is 36.9 Å². The number of unbranched alkanes of at least 4 members (excludes halogenated alkanes) is 1. The molecule has 0 saturated carbocycles. The molecule has 1 heterocycles. The van der Waals surface area contributed by atoms with Crippen LogP contribution in [0.3, 0.4) is 0 Å². The fraction of sp³-hybridized carbons (Fsp3) is 0.944. The van der Waals surface area contributed by atoms with Crippen LogP contribution < -0.4 is 5.32 Å². The third-order valence-corrected chi connectivity index (χ3v) is 4.42. The summed E-state index contributed by atoms with van der Waals surface area (Å²) in [6.45, 7) is 10.9. The lowest BCUT2D eigenvalue weighted by Crippen LogP contribution is -2.40. The van der Waals surface area contributed by atoms with Gasteiger partial charge in [0.2, 0.25) is 0 Å². The lowest BCUT2D eigenvalue weighted by atomic mass is 9.90. The van der Waals surface area contributed by atoms with Crippen molar-refractivity contribution in [3.05, 3.63) is 0 Å². The summed E-state index contributed by atoms with van der Waals surface area (Å²) in [5, 5.41) is 3.49. The van der Waals surface area contributed by atoms with E-state index in [4.69, 9.17) is 4.74 Å². The van der Waals surface area contributed by atoms with Gasteiger partial charge in [-0.15, -0.1) is 24.0 Å². The Labute approximate surface area is 160 Å². The van der Waals surface area contributed by atoms with Crippen molar-refractivity contribution in [1.82, 2.24) is 10.2 Å². The number of hydrogen-bond donors (Lipinski definition) is 1. The maximum atomic E-state index is 5.43. The second-order valence-electron chi connectivity index (χ2n) is 7.76. The number of ether oxygens (including phenoxy) is 1. The SMILES string of the molecule is CN=C(NCCCCC(C)(C)C)N(C)CCC1CCOCC1.I. The van der Waals surface area contributed by atoms with E-state index in [1.165, 1.54) is 38.5 Å². The molecule has 1 N–H and O–H groups in total. The lowest BCUT2D eigenvalue weighted by molar-refractivity contribution is 0.0625. The molecule has 0 radical (unpaired) electrons. The Hall–Kier alpha value is -0.0400. The second-order valence-corrected chi connectivity index (χ2v) is 7.76. The molecule has 4 nitrogen and oxygen atoms in total. The lowest BCUT2D eigenvalue weighted by Gasteiger charge is -2.27. The summed E-state index contributed by atoms with van der Waals surface area (Å²) in [6.07, 6.45) is 7.44. The van der Waals surface area contributed by atoms with Crippen molar-refractivity contribution in [1.29, 1.82) is 0 Å². The number of halogens is 1. The average Bonchev–Trinajstić information content (AvgIpc) is 2.48. The Balaban J connectivity index is 0.00000484. The van der Waals surface area contributed by atoms with Gasteiger partial charge in [0.15, 0.2) is 5.96 Å². The third kappa shape index (κ3) is 11.2. The molecule has 1 aliphatic heterocycles. The van der Waals surface area contributed by atoms with Crippen LogP contribution in [0.4, 0.5) is 0 Å². The first kappa shape index (κ1) is 23.0. The maximum Gasteiger partial charge on any atom is 0.193 e. The van der Waals surface area contributed by atoms with E-state index in [1.807, 2.05) is 7.05 Å². The van der Waals surface area contributed by atoms with Crippen molar-refractivity contribution in [3.63, 3.8) is 0 Å². The Morgan fingerprint density at radius 2 is 1.87 bits per heavy atom. The Morgan fingerprint density at radius 1 is 1.22 bits per heavy atom. The smallest absolute Gasteiger partial charge is 0.193 e. The Kier molecular flexibility index (Phi) is 12.3. The van der Waals surface area contributed by atoms with Crippen LogP contribution in [0.2, 0.25) is 0 Å². The van der Waals surface area contributed by atoms with Gasteiger partial charge in [0.25, 0.3) is 0 Å². The molecule has 1 rings (SSSR count). The van der Waals surface area contributed by atoms with Crippen LogP contribution in [-0.4, -0.2) is 51.3 Å². The molecule has 0 aromatic rings. The van der Waals surface area contributed by atoms with Gasteiger partial charge in [-0.2, -0.15) is 0 Å². The summed E-state index contributed by atoms with van der Waals surface area (Å²) < 4.78 is 5.43. The van der Waals surface area contributed by atoms with E-state index in [-0.39, 0.29) is 24.0 Å². The molecule has 5 heteroatoms. The van der Waals surface area contributed by atoms with Crippen LogP contribution in [0.25, 0.3) is 0 Å². The standard InChI is InChI=1S/C18H37N3O.HI/c1-18(2,3)11-6-7-12-20-17(19-4)21(5)13-8-16-9-14-22-15-10-16;/h16H,6-15H2,1-5H3,(H,19,20);1H. The van der Waals surface area contributed by atoms with Crippen LogP contribution in [0, 0.1) is 11.3 Å². The number of nitrogens with zero attached hydrogens (tertiary/aromatic N) is 2. The van der Waals surface area contributed by atoms with Gasteiger partial charge < -0.3 is 15.0 Å². The summed E-state index contributed by atoms with van der Waals surface area (Å²) in [5.41, 5.74) is 0.447. The Morgan fingerprint density at radius 3 is 2.43 bits per heavy atom. The van der Waals surface area contributed by atoms with E-state index < -0.39 is 0 Å². The average molecular weight is 439 g/mol. The van der Waals surface area contributed by atoms with Crippen LogP contribution in [0.15, 0.2) is 4.99 Å². The molecular formula is C18H38IN3O. The zero-order valence-electron chi connectivity index (χ0n) is 15.9. The van der Waals surface area contributed by atoms with Crippen molar-refractivity contribution in [2.75, 3.05) is 40.4 Å². The van der Waals surface area contributed by atoms with Crippen molar-refractivity contribution >= 4 is 29.9 Å². The predicted octanol–water partition coefficient (Wildman–Crippen LogP) is 4.14. The summed E-state index contributed by atoms with van der Waals surface area (Å²) >= 11 is 0. The summed E-state index contributed by atoms with van der Waals surface area (Å²) in [7, 11) is 4.02. The van der Waals surface area contributed by atoms with Crippen LogP contribution >= 0.6 is 24.0 Å². The van der Waals surface area contributed by atoms with Crippen molar-refractivity contribution in [3.8, 4) is 0 Å². The molecular weight excluding hydrogens is 401 g/mol. The Bertz CT molecular complexity index is 323. The van der Waals surface area contributed by atoms with E-state index in [1.54, 1.807) is 0 Å². The molecule has 0 aromatic heterocycles. The molecule has 0 spiro atoms. The highest BCUT2D eigenvalue weighted by atomic mass is 127. The fourth-order valence-corrected chi connectivity index (χ4v) is 2.88. The molecule has 1 aliphatic rings. The van der Waals surface area contributed by atoms with Gasteiger partial charge in [0, 0.05) is 40.4 Å². The number of aliphatic imine (C=N–C) groups is 1. The van der Waals surface area contributed by atoms with E-state index >= 15 is 0 Å². The highest BCUT2D eigenvalue weighted by molar-refractivity contribution is 14.0. The van der Waals surface area contributed by atoms with Gasteiger partial charge in [-0.25, -0.2) is 0 Å². The molecule has 1 fully saturated rings. The fourth-order valence-electron chi connectivity index (χ4n) is 2.88. The number of rotatable bonds is 7. The number of nitrogens with one attached hydrogen (secondary N) is 1. The van der Waals surface area contributed by atoms with E-state index in [9.17, 15) is 0 Å². The zero-order chi connectivity index (χ0) is 16.4. The third-order valence-electron chi connectivity index (χ3n) is 4.42. The molecule has 0 amide bonds. The van der Waals surface area contributed by atoms with Gasteiger partial charge in [-0.1, -0.05) is 27.2 Å². The monoisotopic (exact) mass is 439 g/mol. The van der Waals surface area contributed by atoms with E-state index in [2.05, 4.69) is 43.0 Å². The highest BCUT2D eigenvalue weighted by Crippen LogP contribution is 2.21. The van der Waals surface area contributed by atoms with E-state index in [0.29, 0.717) is 5.41 Å². The van der Waals surface area contributed by atoms with Gasteiger partial charge in [0.1, 0.15) is 0 Å². The van der Waals surface area contributed by atoms with Gasteiger partial charge in [-0.3, -0.25) is 4.99 Å². The van der Waals surface area contributed by atoms with Crippen molar-refractivity contribution in [2.24, 2.45) is 16.3 Å². The summed E-state index contributed by atoms with van der Waals surface area (Å²) in [5.74, 6) is 1.85. The molecule has 0 bridgehead atoms. The van der Waals surface area contributed by atoms with Crippen LogP contribution in [-0.2, 0) is 4.74 Å². The van der Waals surface area contributed by atoms with Gasteiger partial charge in [-0.05, 0) is 43.4 Å². The molecule has 138 valence electrons. The predicted molar refractivity (Wildman–Crippen MR) is 111 cm³/mol.